The van der Waals surface area contributed by atoms with Gasteiger partial charge in [0.05, 0.1) is 6.61 Å². The lowest BCUT2D eigenvalue weighted by molar-refractivity contribution is -0.161. The molecule has 0 spiro atoms. The third kappa shape index (κ3) is 35.2. The molecule has 0 radical (unpaired) electrons. The van der Waals surface area contributed by atoms with E-state index in [0.29, 0.717) is 12.8 Å². The van der Waals surface area contributed by atoms with Crippen LogP contribution in [0.5, 0.6) is 0 Å². The number of allylic oxidation sites excluding steroid dienone is 20. The van der Waals surface area contributed by atoms with Crippen LogP contribution in [0.2, 0.25) is 0 Å². The Morgan fingerprint density at radius 1 is 0.479 bits per heavy atom. The number of carbonyl (C=O) groups is 2. The summed E-state index contributed by atoms with van der Waals surface area (Å²) in [5.41, 5.74) is 0. The Morgan fingerprint density at radius 3 is 1.12 bits per heavy atom. The molecule has 0 saturated heterocycles. The second-order valence-electron chi connectivity index (χ2n) is 11.2. The molecule has 1 atom stereocenters. The minimum absolute atomic E-state index is 0.127. The molecule has 0 aromatic carbocycles. The number of aliphatic hydroxyl groups is 1. The first-order valence-corrected chi connectivity index (χ1v) is 18.1. The first-order chi connectivity index (χ1) is 23.6. The van der Waals surface area contributed by atoms with Crippen LogP contribution in [0.3, 0.4) is 0 Å². The molecule has 0 aliphatic heterocycles. The Balaban J connectivity index is 3.83. The van der Waals surface area contributed by atoms with Crippen LogP contribution in [-0.2, 0) is 19.1 Å². The third-order valence-electron chi connectivity index (χ3n) is 6.75. The van der Waals surface area contributed by atoms with Crippen molar-refractivity contribution >= 4 is 11.9 Å². The molecule has 0 amide bonds. The second kappa shape index (κ2) is 37.8. The summed E-state index contributed by atoms with van der Waals surface area (Å²) in [5, 5.41) is 9.52. The van der Waals surface area contributed by atoms with E-state index in [1.54, 1.807) is 0 Å². The maximum absolute atomic E-state index is 12.1. The van der Waals surface area contributed by atoms with E-state index in [1.165, 1.54) is 0 Å². The molecule has 0 aromatic heterocycles. The molecule has 0 fully saturated rings. The van der Waals surface area contributed by atoms with Gasteiger partial charge in [0.15, 0.2) is 6.10 Å². The van der Waals surface area contributed by atoms with Crippen LogP contribution in [0, 0.1) is 0 Å². The van der Waals surface area contributed by atoms with Crippen LogP contribution in [-0.4, -0.2) is 36.4 Å². The highest BCUT2D eigenvalue weighted by atomic mass is 16.6. The summed E-state index contributed by atoms with van der Waals surface area (Å²) in [4.78, 5) is 24.2. The first-order valence-electron chi connectivity index (χ1n) is 18.1. The van der Waals surface area contributed by atoms with Gasteiger partial charge in [0.1, 0.15) is 6.61 Å². The van der Waals surface area contributed by atoms with Gasteiger partial charge < -0.3 is 14.6 Å². The van der Waals surface area contributed by atoms with Gasteiger partial charge in [-0.3, -0.25) is 9.59 Å². The van der Waals surface area contributed by atoms with Crippen molar-refractivity contribution in [3.63, 3.8) is 0 Å². The number of ether oxygens (including phenoxy) is 2. The molecule has 1 unspecified atom stereocenters. The minimum Gasteiger partial charge on any atom is -0.462 e. The van der Waals surface area contributed by atoms with Gasteiger partial charge in [-0.15, -0.1) is 0 Å². The van der Waals surface area contributed by atoms with E-state index in [9.17, 15) is 14.7 Å². The molecule has 0 bridgehead atoms. The molecule has 5 nitrogen and oxygen atoms in total. The summed E-state index contributed by atoms with van der Waals surface area (Å²) in [6.45, 7) is 3.77. The monoisotopic (exact) mass is 660 g/mol. The Kier molecular flexibility index (Phi) is 34.8. The van der Waals surface area contributed by atoms with E-state index in [2.05, 4.69) is 135 Å². The molecule has 48 heavy (non-hydrogen) atoms. The van der Waals surface area contributed by atoms with Gasteiger partial charge in [0, 0.05) is 12.8 Å². The highest BCUT2D eigenvalue weighted by Gasteiger charge is 2.15. The van der Waals surface area contributed by atoms with E-state index < -0.39 is 12.1 Å². The van der Waals surface area contributed by atoms with Crippen LogP contribution >= 0.6 is 0 Å². The zero-order valence-electron chi connectivity index (χ0n) is 29.9. The van der Waals surface area contributed by atoms with Crippen LogP contribution in [0.1, 0.15) is 117 Å². The molecule has 266 valence electrons. The number of unbranched alkanes of at least 4 members (excludes halogenated alkanes) is 2. The predicted octanol–water partition coefficient (Wildman–Crippen LogP) is 11.3. The van der Waals surface area contributed by atoms with Crippen LogP contribution < -0.4 is 0 Å². The summed E-state index contributed by atoms with van der Waals surface area (Å²) in [7, 11) is 0. The molecule has 0 saturated carbocycles. The zero-order chi connectivity index (χ0) is 35.0. The predicted molar refractivity (Wildman–Crippen MR) is 205 cm³/mol. The first kappa shape index (κ1) is 44.3. The van der Waals surface area contributed by atoms with Crippen molar-refractivity contribution in [1.29, 1.82) is 0 Å². The molecule has 0 aromatic rings. The molecule has 0 aliphatic rings. The number of carbonyl (C=O) groups excluding carboxylic acids is 2. The van der Waals surface area contributed by atoms with Gasteiger partial charge in [0.25, 0.3) is 0 Å². The average Bonchev–Trinajstić information content (AvgIpc) is 3.09. The number of esters is 2. The highest BCUT2D eigenvalue weighted by molar-refractivity contribution is 5.70. The van der Waals surface area contributed by atoms with Crippen LogP contribution in [0.25, 0.3) is 0 Å². The summed E-state index contributed by atoms with van der Waals surface area (Å²) < 4.78 is 10.5. The number of hydrogen-bond donors (Lipinski definition) is 1. The normalized spacial score (nSPS) is 13.6. The molecule has 5 heteroatoms. The van der Waals surface area contributed by atoms with Crippen molar-refractivity contribution in [2.75, 3.05) is 13.2 Å². The molecular weight excluding hydrogens is 596 g/mol. The van der Waals surface area contributed by atoms with Gasteiger partial charge in [-0.25, -0.2) is 0 Å². The highest BCUT2D eigenvalue weighted by Crippen LogP contribution is 2.06. The Labute approximate surface area is 293 Å². The largest absolute Gasteiger partial charge is 0.462 e. The molecule has 1 N–H and O–H groups in total. The summed E-state index contributed by atoms with van der Waals surface area (Å²) >= 11 is 0. The SMILES string of the molecule is CCC=CCC=CCC=CCC=CCC=CCCCC(=O)OCC(CO)OC(=O)CCCC=CCC=CCC=CCC=CCC=CCC. The van der Waals surface area contributed by atoms with Crippen molar-refractivity contribution < 1.29 is 24.2 Å². The quantitative estimate of drug-likeness (QED) is 0.0471. The van der Waals surface area contributed by atoms with E-state index in [4.69, 9.17) is 9.47 Å². The van der Waals surface area contributed by atoms with Gasteiger partial charge in [0.2, 0.25) is 0 Å². The van der Waals surface area contributed by atoms with E-state index in [1.807, 2.05) is 0 Å². The molecule has 0 heterocycles. The van der Waals surface area contributed by atoms with Crippen molar-refractivity contribution in [3.05, 3.63) is 122 Å². The fourth-order valence-electron chi connectivity index (χ4n) is 4.09. The topological polar surface area (TPSA) is 72.8 Å². The lowest BCUT2D eigenvalue weighted by Gasteiger charge is -2.15. The van der Waals surface area contributed by atoms with Gasteiger partial charge >= 0.3 is 11.9 Å². The minimum atomic E-state index is -0.832. The van der Waals surface area contributed by atoms with Crippen molar-refractivity contribution in [2.24, 2.45) is 0 Å². The third-order valence-corrected chi connectivity index (χ3v) is 6.75. The zero-order valence-corrected chi connectivity index (χ0v) is 29.9. The lowest BCUT2D eigenvalue weighted by atomic mass is 10.2. The van der Waals surface area contributed by atoms with E-state index in [0.717, 1.165) is 77.0 Å². The van der Waals surface area contributed by atoms with Crippen LogP contribution in [0.15, 0.2) is 122 Å². The second-order valence-corrected chi connectivity index (χ2v) is 11.2. The van der Waals surface area contributed by atoms with E-state index >= 15 is 0 Å². The Morgan fingerprint density at radius 2 is 0.792 bits per heavy atom. The summed E-state index contributed by atoms with van der Waals surface area (Å²) in [6, 6.07) is 0. The van der Waals surface area contributed by atoms with E-state index in [-0.39, 0.29) is 32.0 Å². The smallest absolute Gasteiger partial charge is 0.306 e. The van der Waals surface area contributed by atoms with Crippen molar-refractivity contribution in [3.8, 4) is 0 Å². The maximum atomic E-state index is 12.1. The molecule has 0 aliphatic carbocycles. The van der Waals surface area contributed by atoms with Crippen molar-refractivity contribution in [1.82, 2.24) is 0 Å². The van der Waals surface area contributed by atoms with Gasteiger partial charge in [-0.1, -0.05) is 135 Å². The van der Waals surface area contributed by atoms with Crippen molar-refractivity contribution in [2.45, 2.75) is 123 Å². The number of hydrogen-bond acceptors (Lipinski definition) is 5. The standard InChI is InChI=1S/C43H64O5/c1-3-5-7-9-11-13-15-17-19-21-23-25-27-29-31-33-35-37-42(45)47-40-41(39-44)48-43(46)38-36-34-32-30-28-26-24-22-20-18-16-14-12-10-8-6-4-2/h5-8,11-14,17-20,23-26,29-32,41,44H,3-4,9-10,15-16,21-22,27-28,33-40H2,1-2H3. The van der Waals surface area contributed by atoms with Gasteiger partial charge in [-0.05, 0) is 89.9 Å². The molecule has 0 rings (SSSR count). The maximum Gasteiger partial charge on any atom is 0.306 e. The average molecular weight is 661 g/mol. The fraction of sp³-hybridized carbons (Fsp3) is 0.488. The number of rotatable bonds is 30. The summed E-state index contributed by atoms with van der Waals surface area (Å²) in [5.74, 6) is -0.744. The molecular formula is C43H64O5. The fourth-order valence-corrected chi connectivity index (χ4v) is 4.09. The van der Waals surface area contributed by atoms with Gasteiger partial charge in [-0.2, -0.15) is 0 Å². The van der Waals surface area contributed by atoms with Crippen LogP contribution in [0.4, 0.5) is 0 Å². The summed E-state index contributed by atoms with van der Waals surface area (Å²) in [6.07, 6.45) is 55.5. The Hall–Kier alpha value is -3.70. The Bertz CT molecular complexity index is 1060. The number of aliphatic hydroxyl groups excluding tert-OH is 1. The lowest BCUT2D eigenvalue weighted by Crippen LogP contribution is -2.28.